The van der Waals surface area contributed by atoms with Gasteiger partial charge < -0.3 is 0 Å². The Morgan fingerprint density at radius 3 is 2.56 bits per heavy atom. The van der Waals surface area contributed by atoms with Crippen molar-refractivity contribution in [1.82, 2.24) is 0 Å². The third-order valence-corrected chi connectivity index (χ3v) is 3.47. The normalized spacial score (nSPS) is 54.9. The molecule has 9 heavy (non-hydrogen) atoms. The summed E-state index contributed by atoms with van der Waals surface area (Å²) in [5.74, 6) is 0.671. The molecule has 2 heteroatoms. The molecule has 3 unspecified atom stereocenters. The summed E-state index contributed by atoms with van der Waals surface area (Å²) >= 11 is 12.1. The maximum atomic E-state index is 6.13. The van der Waals surface area contributed by atoms with Crippen LogP contribution in [0.5, 0.6) is 0 Å². The van der Waals surface area contributed by atoms with Crippen molar-refractivity contribution in [3.8, 4) is 0 Å². The molecule has 2 rings (SSSR count). The van der Waals surface area contributed by atoms with Gasteiger partial charge in [0.1, 0.15) is 0 Å². The zero-order valence-corrected chi connectivity index (χ0v) is 6.49. The van der Waals surface area contributed by atoms with Crippen molar-refractivity contribution in [2.75, 3.05) is 0 Å². The van der Waals surface area contributed by atoms with Crippen LogP contribution in [-0.4, -0.2) is 10.3 Å². The highest BCUT2D eigenvalue weighted by Gasteiger charge is 2.46. The van der Waals surface area contributed by atoms with Crippen molar-refractivity contribution in [2.24, 2.45) is 5.92 Å². The van der Waals surface area contributed by atoms with E-state index in [-0.39, 0.29) is 10.3 Å². The van der Waals surface area contributed by atoms with Gasteiger partial charge in [0.25, 0.3) is 0 Å². The molecular formula is C7H8Cl2. The molecule has 50 valence electrons. The summed E-state index contributed by atoms with van der Waals surface area (Å²) in [6.45, 7) is 0. The Kier molecular flexibility index (Phi) is 1.13. The lowest BCUT2D eigenvalue weighted by Crippen LogP contribution is -2.23. The number of hydrogen-bond acceptors (Lipinski definition) is 0. The summed E-state index contributed by atoms with van der Waals surface area (Å²) in [5, 5.41) is 0.175. The van der Waals surface area contributed by atoms with Gasteiger partial charge in [0.2, 0.25) is 0 Å². The fourth-order valence-corrected chi connectivity index (χ4v) is 2.44. The predicted molar refractivity (Wildman–Crippen MR) is 40.1 cm³/mol. The molecule has 3 atom stereocenters. The molecule has 2 bridgehead atoms. The molecule has 0 heterocycles. The third kappa shape index (κ3) is 0.731. The summed E-state index contributed by atoms with van der Waals surface area (Å²) in [4.78, 5) is -0.174. The Bertz CT molecular complexity index is 164. The van der Waals surface area contributed by atoms with Gasteiger partial charge in [-0.2, -0.15) is 0 Å². The molecule has 1 saturated carbocycles. The summed E-state index contributed by atoms with van der Waals surface area (Å²) in [7, 11) is 0. The Balaban J connectivity index is 2.33. The van der Waals surface area contributed by atoms with Crippen LogP contribution >= 0.6 is 23.2 Å². The Morgan fingerprint density at radius 1 is 1.56 bits per heavy atom. The van der Waals surface area contributed by atoms with E-state index in [0.29, 0.717) is 5.92 Å². The number of fused-ring (bicyclic) bond motifs is 2. The molecule has 1 fully saturated rings. The minimum atomic E-state index is -0.174. The van der Waals surface area contributed by atoms with Gasteiger partial charge in [-0.25, -0.2) is 0 Å². The molecule has 0 aromatic heterocycles. The van der Waals surface area contributed by atoms with E-state index in [9.17, 15) is 0 Å². The molecule has 0 aromatic carbocycles. The van der Waals surface area contributed by atoms with Crippen LogP contribution < -0.4 is 0 Å². The zero-order chi connectivity index (χ0) is 6.48. The highest BCUT2D eigenvalue weighted by molar-refractivity contribution is 6.34. The van der Waals surface area contributed by atoms with E-state index in [1.54, 1.807) is 0 Å². The summed E-state index contributed by atoms with van der Waals surface area (Å²) in [5.41, 5.74) is 0. The zero-order valence-electron chi connectivity index (χ0n) is 4.98. The lowest BCUT2D eigenvalue weighted by molar-refractivity contribution is 0.700. The third-order valence-electron chi connectivity index (χ3n) is 2.25. The average molecular weight is 163 g/mol. The summed E-state index contributed by atoms with van der Waals surface area (Å²) in [6, 6.07) is 0. The number of allylic oxidation sites excluding steroid dienone is 2. The highest BCUT2D eigenvalue weighted by atomic mass is 35.5. The predicted octanol–water partition coefficient (Wildman–Crippen LogP) is 2.55. The molecule has 0 aromatic rings. The van der Waals surface area contributed by atoms with Crippen LogP contribution in [0, 0.1) is 5.92 Å². The topological polar surface area (TPSA) is 0 Å². The molecule has 2 aliphatic rings. The lowest BCUT2D eigenvalue weighted by atomic mass is 10.1. The minimum Gasteiger partial charge on any atom is -0.121 e. The molecule has 0 amide bonds. The fourth-order valence-electron chi connectivity index (χ4n) is 1.69. The first-order chi connectivity index (χ1) is 4.21. The first kappa shape index (κ1) is 6.06. The van der Waals surface area contributed by atoms with Gasteiger partial charge in [-0.3, -0.25) is 0 Å². The van der Waals surface area contributed by atoms with Gasteiger partial charge in [-0.1, -0.05) is 12.2 Å². The molecule has 0 N–H and O–H groups in total. The van der Waals surface area contributed by atoms with Crippen molar-refractivity contribution in [2.45, 2.75) is 23.1 Å². The molecule has 0 aliphatic heterocycles. The number of hydrogen-bond donors (Lipinski definition) is 0. The lowest BCUT2D eigenvalue weighted by Gasteiger charge is -2.18. The first-order valence-corrected chi connectivity index (χ1v) is 4.04. The fraction of sp³-hybridized carbons (Fsp3) is 0.714. The van der Waals surface area contributed by atoms with Gasteiger partial charge >= 0.3 is 0 Å². The molecule has 0 saturated heterocycles. The second-order valence-electron chi connectivity index (χ2n) is 2.95. The van der Waals surface area contributed by atoms with E-state index >= 15 is 0 Å². The number of rotatable bonds is 0. The van der Waals surface area contributed by atoms with E-state index in [2.05, 4.69) is 12.2 Å². The van der Waals surface area contributed by atoms with Crippen molar-refractivity contribution < 1.29 is 0 Å². The monoisotopic (exact) mass is 162 g/mol. The van der Waals surface area contributed by atoms with Crippen molar-refractivity contribution in [3.63, 3.8) is 0 Å². The van der Waals surface area contributed by atoms with Gasteiger partial charge in [0.15, 0.2) is 0 Å². The Morgan fingerprint density at radius 2 is 2.33 bits per heavy atom. The standard InChI is InChI=1S/C7H8Cl2/c8-6-3-5-1-2-7(6,9)4-5/h1-2,5-6H,3-4H2. The summed E-state index contributed by atoms with van der Waals surface area (Å²) < 4.78 is 0. The van der Waals surface area contributed by atoms with Gasteiger partial charge in [-0.05, 0) is 18.8 Å². The smallest absolute Gasteiger partial charge is 0.0795 e. The van der Waals surface area contributed by atoms with Crippen LogP contribution in [0.1, 0.15) is 12.8 Å². The van der Waals surface area contributed by atoms with Crippen LogP contribution in [-0.2, 0) is 0 Å². The van der Waals surface area contributed by atoms with E-state index in [1.807, 2.05) is 0 Å². The van der Waals surface area contributed by atoms with E-state index in [4.69, 9.17) is 23.2 Å². The largest absolute Gasteiger partial charge is 0.121 e. The SMILES string of the molecule is ClC1CC2C=CC1(Cl)C2. The van der Waals surface area contributed by atoms with Crippen molar-refractivity contribution >= 4 is 23.2 Å². The summed E-state index contributed by atoms with van der Waals surface area (Å²) in [6.07, 6.45) is 6.37. The molecule has 0 radical (unpaired) electrons. The molecule has 0 nitrogen and oxygen atoms in total. The van der Waals surface area contributed by atoms with Crippen molar-refractivity contribution in [3.05, 3.63) is 12.2 Å². The maximum Gasteiger partial charge on any atom is 0.0795 e. The molecule has 0 spiro atoms. The van der Waals surface area contributed by atoms with Crippen molar-refractivity contribution in [1.29, 1.82) is 0 Å². The van der Waals surface area contributed by atoms with Crippen LogP contribution in [0.25, 0.3) is 0 Å². The van der Waals surface area contributed by atoms with Crippen LogP contribution in [0.2, 0.25) is 0 Å². The van der Waals surface area contributed by atoms with E-state index in [1.165, 1.54) is 0 Å². The Hall–Kier alpha value is 0.320. The van der Waals surface area contributed by atoms with Crippen LogP contribution in [0.3, 0.4) is 0 Å². The highest BCUT2D eigenvalue weighted by Crippen LogP contribution is 2.49. The molecular weight excluding hydrogens is 155 g/mol. The second kappa shape index (κ2) is 1.67. The van der Waals surface area contributed by atoms with E-state index < -0.39 is 0 Å². The average Bonchev–Trinajstić information content (AvgIpc) is 2.22. The molecule has 2 aliphatic carbocycles. The maximum absolute atomic E-state index is 6.13. The Labute approximate surface area is 64.8 Å². The van der Waals surface area contributed by atoms with E-state index in [0.717, 1.165) is 12.8 Å². The number of halogens is 2. The van der Waals surface area contributed by atoms with Crippen LogP contribution in [0.4, 0.5) is 0 Å². The number of alkyl halides is 2. The van der Waals surface area contributed by atoms with Gasteiger partial charge in [-0.15, -0.1) is 23.2 Å². The van der Waals surface area contributed by atoms with Crippen LogP contribution in [0.15, 0.2) is 12.2 Å². The van der Waals surface area contributed by atoms with Gasteiger partial charge in [0.05, 0.1) is 10.3 Å². The first-order valence-electron chi connectivity index (χ1n) is 3.23. The second-order valence-corrected chi connectivity index (χ2v) is 4.18. The van der Waals surface area contributed by atoms with Gasteiger partial charge in [0, 0.05) is 0 Å². The minimum absolute atomic E-state index is 0.174. The quantitative estimate of drug-likeness (QED) is 0.380.